The highest BCUT2D eigenvalue weighted by Crippen LogP contribution is 2.46. The average Bonchev–Trinajstić information content (AvgIpc) is 2.83. The largest absolute Gasteiger partial charge is 0.493 e. The third-order valence-electron chi connectivity index (χ3n) is 4.37. The minimum atomic E-state index is 0.0670. The molecule has 106 valence electrons. The van der Waals surface area contributed by atoms with Crippen LogP contribution >= 0.6 is 11.6 Å². The smallest absolute Gasteiger partial charge is 0.161 e. The Bertz CT molecular complexity index is 445. The molecule has 1 saturated carbocycles. The molecule has 0 aromatic heterocycles. The van der Waals surface area contributed by atoms with Crippen molar-refractivity contribution in [3.8, 4) is 11.5 Å². The number of methoxy groups -OCH3 is 2. The highest BCUT2D eigenvalue weighted by molar-refractivity contribution is 6.21. The Balaban J connectivity index is 2.33. The lowest BCUT2D eigenvalue weighted by Gasteiger charge is -2.24. The van der Waals surface area contributed by atoms with Crippen LogP contribution in [0, 0.1) is 18.8 Å². The zero-order chi connectivity index (χ0) is 14.0. The predicted molar refractivity (Wildman–Crippen MR) is 79.4 cm³/mol. The van der Waals surface area contributed by atoms with E-state index in [0.717, 1.165) is 11.5 Å². The molecule has 2 rings (SSSR count). The first kappa shape index (κ1) is 14.5. The van der Waals surface area contributed by atoms with Gasteiger partial charge in [-0.25, -0.2) is 0 Å². The minimum Gasteiger partial charge on any atom is -0.493 e. The van der Waals surface area contributed by atoms with E-state index >= 15 is 0 Å². The summed E-state index contributed by atoms with van der Waals surface area (Å²) in [6, 6.07) is 4.06. The maximum atomic E-state index is 6.74. The molecular formula is C16H23ClO2. The highest BCUT2D eigenvalue weighted by atomic mass is 35.5. The van der Waals surface area contributed by atoms with E-state index in [1.807, 2.05) is 12.1 Å². The van der Waals surface area contributed by atoms with Crippen LogP contribution in [0.2, 0.25) is 0 Å². The molecule has 3 heteroatoms. The summed E-state index contributed by atoms with van der Waals surface area (Å²) in [5, 5.41) is 0.0670. The maximum absolute atomic E-state index is 6.74. The number of benzene rings is 1. The third kappa shape index (κ3) is 2.84. The van der Waals surface area contributed by atoms with Crippen LogP contribution in [0.5, 0.6) is 11.5 Å². The molecule has 1 aliphatic carbocycles. The summed E-state index contributed by atoms with van der Waals surface area (Å²) >= 11 is 6.74. The van der Waals surface area contributed by atoms with Gasteiger partial charge in [0.1, 0.15) is 0 Å². The maximum Gasteiger partial charge on any atom is 0.161 e. The number of alkyl halides is 1. The SMILES string of the molecule is COc1cc(C)c(C(Cl)C2CCCC2C)cc1OC. The first-order valence-corrected chi connectivity index (χ1v) is 7.38. The van der Waals surface area contributed by atoms with Gasteiger partial charge in [0.15, 0.2) is 11.5 Å². The standard InChI is InChI=1S/C16H23ClO2/c1-10-6-5-7-12(10)16(17)13-9-15(19-4)14(18-3)8-11(13)2/h8-10,12,16H,5-7H2,1-4H3. The van der Waals surface area contributed by atoms with Crippen LogP contribution in [0.25, 0.3) is 0 Å². The van der Waals surface area contributed by atoms with Crippen LogP contribution in [0.4, 0.5) is 0 Å². The summed E-state index contributed by atoms with van der Waals surface area (Å²) < 4.78 is 10.7. The van der Waals surface area contributed by atoms with Crippen molar-refractivity contribution < 1.29 is 9.47 Å². The molecule has 0 bridgehead atoms. The zero-order valence-corrected chi connectivity index (χ0v) is 13.0. The Morgan fingerprint density at radius 3 is 2.32 bits per heavy atom. The van der Waals surface area contributed by atoms with Gasteiger partial charge in [-0.15, -0.1) is 11.6 Å². The summed E-state index contributed by atoms with van der Waals surface area (Å²) in [6.07, 6.45) is 3.81. The van der Waals surface area contributed by atoms with Crippen molar-refractivity contribution in [1.82, 2.24) is 0 Å². The van der Waals surface area contributed by atoms with Gasteiger partial charge in [-0.2, -0.15) is 0 Å². The van der Waals surface area contributed by atoms with E-state index in [4.69, 9.17) is 21.1 Å². The molecule has 1 aromatic rings. The van der Waals surface area contributed by atoms with Crippen LogP contribution in [0.3, 0.4) is 0 Å². The Hall–Kier alpha value is -0.890. The molecule has 0 spiro atoms. The summed E-state index contributed by atoms with van der Waals surface area (Å²) in [5.74, 6) is 2.81. The van der Waals surface area contributed by atoms with Crippen molar-refractivity contribution in [2.45, 2.75) is 38.5 Å². The lowest BCUT2D eigenvalue weighted by molar-refractivity contribution is 0.352. The molecule has 0 heterocycles. The van der Waals surface area contributed by atoms with Gasteiger partial charge < -0.3 is 9.47 Å². The number of rotatable bonds is 4. The van der Waals surface area contributed by atoms with Crippen molar-refractivity contribution in [3.05, 3.63) is 23.3 Å². The van der Waals surface area contributed by atoms with Crippen molar-refractivity contribution >= 4 is 11.6 Å². The summed E-state index contributed by atoms with van der Waals surface area (Å²) in [4.78, 5) is 0. The number of halogens is 1. The lowest BCUT2D eigenvalue weighted by atomic mass is 9.88. The molecule has 2 nitrogen and oxygen atoms in total. The van der Waals surface area contributed by atoms with Gasteiger partial charge in [0, 0.05) is 0 Å². The molecule has 0 radical (unpaired) electrons. The van der Waals surface area contributed by atoms with E-state index in [9.17, 15) is 0 Å². The highest BCUT2D eigenvalue weighted by Gasteiger charge is 2.31. The van der Waals surface area contributed by atoms with E-state index in [0.29, 0.717) is 11.8 Å². The molecule has 1 aromatic carbocycles. The second-order valence-electron chi connectivity index (χ2n) is 5.54. The summed E-state index contributed by atoms with van der Waals surface area (Å²) in [5.41, 5.74) is 2.36. The van der Waals surface area contributed by atoms with Gasteiger partial charge >= 0.3 is 0 Å². The normalized spacial score (nSPS) is 24.3. The minimum absolute atomic E-state index is 0.0670. The van der Waals surface area contributed by atoms with Crippen LogP contribution in [0.1, 0.15) is 42.7 Å². The second kappa shape index (κ2) is 6.04. The van der Waals surface area contributed by atoms with Gasteiger partial charge in [-0.05, 0) is 48.4 Å². The Morgan fingerprint density at radius 1 is 1.16 bits per heavy atom. The van der Waals surface area contributed by atoms with E-state index in [-0.39, 0.29) is 5.38 Å². The van der Waals surface area contributed by atoms with E-state index in [1.54, 1.807) is 14.2 Å². The van der Waals surface area contributed by atoms with Crippen molar-refractivity contribution in [1.29, 1.82) is 0 Å². The number of hydrogen-bond donors (Lipinski definition) is 0. The average molecular weight is 283 g/mol. The summed E-state index contributed by atoms with van der Waals surface area (Å²) in [6.45, 7) is 4.40. The quantitative estimate of drug-likeness (QED) is 0.744. The molecular weight excluding hydrogens is 260 g/mol. The molecule has 0 saturated heterocycles. The predicted octanol–water partition coefficient (Wildman–Crippen LogP) is 4.73. The van der Waals surface area contributed by atoms with Crippen LogP contribution in [0.15, 0.2) is 12.1 Å². The van der Waals surface area contributed by atoms with Crippen LogP contribution < -0.4 is 9.47 Å². The van der Waals surface area contributed by atoms with Crippen LogP contribution in [-0.4, -0.2) is 14.2 Å². The van der Waals surface area contributed by atoms with Gasteiger partial charge in [0.05, 0.1) is 19.6 Å². The number of hydrogen-bond acceptors (Lipinski definition) is 2. The Kier molecular flexibility index (Phi) is 4.62. The molecule has 0 aliphatic heterocycles. The third-order valence-corrected chi connectivity index (χ3v) is 4.93. The first-order valence-electron chi connectivity index (χ1n) is 6.95. The van der Waals surface area contributed by atoms with E-state index in [2.05, 4.69) is 13.8 Å². The fourth-order valence-corrected chi connectivity index (χ4v) is 3.74. The summed E-state index contributed by atoms with van der Waals surface area (Å²) in [7, 11) is 3.33. The Morgan fingerprint density at radius 2 is 1.79 bits per heavy atom. The van der Waals surface area contributed by atoms with E-state index < -0.39 is 0 Å². The Labute approximate surface area is 121 Å². The van der Waals surface area contributed by atoms with Crippen LogP contribution in [-0.2, 0) is 0 Å². The van der Waals surface area contributed by atoms with Crippen molar-refractivity contribution in [3.63, 3.8) is 0 Å². The monoisotopic (exact) mass is 282 g/mol. The number of aryl methyl sites for hydroxylation is 1. The number of ether oxygens (including phenoxy) is 2. The van der Waals surface area contributed by atoms with Gasteiger partial charge in [0.2, 0.25) is 0 Å². The van der Waals surface area contributed by atoms with Gasteiger partial charge in [0.25, 0.3) is 0 Å². The molecule has 0 amide bonds. The zero-order valence-electron chi connectivity index (χ0n) is 12.2. The molecule has 1 aliphatic rings. The van der Waals surface area contributed by atoms with Crippen molar-refractivity contribution in [2.75, 3.05) is 14.2 Å². The first-order chi connectivity index (χ1) is 9.08. The molecule has 3 unspecified atom stereocenters. The lowest BCUT2D eigenvalue weighted by Crippen LogP contribution is -2.12. The fourth-order valence-electron chi connectivity index (χ4n) is 3.13. The molecule has 3 atom stereocenters. The van der Waals surface area contributed by atoms with E-state index in [1.165, 1.54) is 30.4 Å². The molecule has 0 N–H and O–H groups in total. The molecule has 19 heavy (non-hydrogen) atoms. The molecule has 1 fully saturated rings. The fraction of sp³-hybridized carbons (Fsp3) is 0.625. The van der Waals surface area contributed by atoms with Crippen molar-refractivity contribution in [2.24, 2.45) is 11.8 Å². The topological polar surface area (TPSA) is 18.5 Å². The second-order valence-corrected chi connectivity index (χ2v) is 6.01. The van der Waals surface area contributed by atoms with Gasteiger partial charge in [-0.3, -0.25) is 0 Å². The van der Waals surface area contributed by atoms with Gasteiger partial charge in [-0.1, -0.05) is 19.8 Å².